The smallest absolute Gasteiger partial charge is 0.206 e. The van der Waals surface area contributed by atoms with Crippen LogP contribution in [0.25, 0.3) is 0 Å². The number of alkyl halides is 3. The van der Waals surface area contributed by atoms with Crippen LogP contribution in [0.1, 0.15) is 94.6 Å². The average Bonchev–Trinajstić information content (AvgIpc) is 2.75. The lowest BCUT2D eigenvalue weighted by Gasteiger charge is -2.26. The highest BCUT2D eigenvalue weighted by Gasteiger charge is 2.38. The van der Waals surface area contributed by atoms with Crippen molar-refractivity contribution in [3.8, 4) is 11.8 Å². The van der Waals surface area contributed by atoms with Crippen LogP contribution in [-0.4, -0.2) is 0 Å². The molecule has 3 rings (SSSR count). The summed E-state index contributed by atoms with van der Waals surface area (Å²) in [5.41, 5.74) is -1.49. The Morgan fingerprint density at radius 1 is 0.938 bits per heavy atom. The van der Waals surface area contributed by atoms with Crippen LogP contribution < -0.4 is 0 Å². The predicted molar refractivity (Wildman–Crippen MR) is 118 cm³/mol. The molecule has 0 aromatic heterocycles. The van der Waals surface area contributed by atoms with Crippen molar-refractivity contribution in [2.45, 2.75) is 89.6 Å². The molecular formula is C27H33F5. The van der Waals surface area contributed by atoms with Gasteiger partial charge in [0.15, 0.2) is 0 Å². The Morgan fingerprint density at radius 3 is 2.12 bits per heavy atom. The molecule has 0 bridgehead atoms. The van der Waals surface area contributed by atoms with Crippen molar-refractivity contribution < 1.29 is 22.0 Å². The van der Waals surface area contributed by atoms with Crippen molar-refractivity contribution in [3.63, 3.8) is 0 Å². The van der Waals surface area contributed by atoms with E-state index in [-0.39, 0.29) is 11.8 Å². The van der Waals surface area contributed by atoms with Gasteiger partial charge in [-0.25, -0.2) is 8.78 Å². The Bertz CT molecular complexity index is 803. The zero-order valence-corrected chi connectivity index (χ0v) is 18.8. The summed E-state index contributed by atoms with van der Waals surface area (Å²) in [7, 11) is 0. The predicted octanol–water partition coefficient (Wildman–Crippen LogP) is 8.81. The summed E-state index contributed by atoms with van der Waals surface area (Å²) in [6, 6.07) is 1.70. The molecule has 2 saturated carbocycles. The molecule has 0 nitrogen and oxygen atoms in total. The van der Waals surface area contributed by atoms with Gasteiger partial charge >= 0.3 is 6.18 Å². The van der Waals surface area contributed by atoms with Gasteiger partial charge in [0.1, 0.15) is 17.2 Å². The first-order valence-electron chi connectivity index (χ1n) is 12.0. The zero-order valence-electron chi connectivity index (χ0n) is 18.8. The fourth-order valence-electron chi connectivity index (χ4n) is 5.18. The van der Waals surface area contributed by atoms with E-state index >= 15 is 0 Å². The molecule has 176 valence electrons. The summed E-state index contributed by atoms with van der Waals surface area (Å²) >= 11 is 0. The lowest BCUT2D eigenvalue weighted by atomic mass is 9.78. The van der Waals surface area contributed by atoms with Crippen LogP contribution >= 0.6 is 0 Å². The third-order valence-corrected chi connectivity index (χ3v) is 7.14. The minimum absolute atomic E-state index is 0.127. The van der Waals surface area contributed by atoms with E-state index in [1.165, 1.54) is 44.9 Å². The summed E-state index contributed by atoms with van der Waals surface area (Å²) in [4.78, 5) is 0. The van der Waals surface area contributed by atoms with Gasteiger partial charge in [0.2, 0.25) is 0 Å². The van der Waals surface area contributed by atoms with Crippen molar-refractivity contribution in [2.75, 3.05) is 0 Å². The Labute approximate surface area is 188 Å². The van der Waals surface area contributed by atoms with Gasteiger partial charge in [-0.1, -0.05) is 44.1 Å². The standard InChI is InChI=1S/C27H33F5/c1-2-3-6-19-9-11-20(12-10-19)7-4-5-8-21-13-15-22(16-14-21)23-17-24(28)26(25(29)18-23)27(30,31)32/h4,7,17-22H,2-3,6,9-16H2,1H3/b7-4+. The molecule has 2 aliphatic rings. The first-order valence-corrected chi connectivity index (χ1v) is 12.0. The second-order valence-corrected chi connectivity index (χ2v) is 9.48. The second kappa shape index (κ2) is 11.3. The molecule has 2 fully saturated rings. The van der Waals surface area contributed by atoms with E-state index in [0.717, 1.165) is 30.9 Å². The summed E-state index contributed by atoms with van der Waals surface area (Å²) < 4.78 is 66.1. The molecule has 0 radical (unpaired) electrons. The Morgan fingerprint density at radius 2 is 1.56 bits per heavy atom. The van der Waals surface area contributed by atoms with E-state index < -0.39 is 23.4 Å². The SMILES string of the molecule is CCCCC1CCC(/C=C/C#CC2CCC(c3cc(F)c(C(F)(F)F)c(F)c3)CC2)CC1. The maximum atomic E-state index is 13.9. The molecule has 2 aliphatic carbocycles. The molecule has 0 N–H and O–H groups in total. The van der Waals surface area contributed by atoms with E-state index in [1.807, 2.05) is 6.08 Å². The summed E-state index contributed by atoms with van der Waals surface area (Å²) in [6.07, 6.45) is 11.2. The van der Waals surface area contributed by atoms with Crippen molar-refractivity contribution >= 4 is 0 Å². The van der Waals surface area contributed by atoms with E-state index in [9.17, 15) is 22.0 Å². The fourth-order valence-corrected chi connectivity index (χ4v) is 5.18. The molecule has 0 saturated heterocycles. The van der Waals surface area contributed by atoms with Crippen LogP contribution in [0.2, 0.25) is 0 Å². The summed E-state index contributed by atoms with van der Waals surface area (Å²) in [5, 5.41) is 0. The van der Waals surface area contributed by atoms with Gasteiger partial charge in [0.05, 0.1) is 0 Å². The van der Waals surface area contributed by atoms with E-state index in [1.54, 1.807) is 0 Å². The third kappa shape index (κ3) is 6.83. The highest BCUT2D eigenvalue weighted by Crippen LogP contribution is 2.39. The van der Waals surface area contributed by atoms with Crippen LogP contribution in [0.15, 0.2) is 24.3 Å². The van der Waals surface area contributed by atoms with Crippen LogP contribution in [-0.2, 0) is 6.18 Å². The first kappa shape index (κ1) is 24.8. The highest BCUT2D eigenvalue weighted by molar-refractivity contribution is 5.31. The molecular weight excluding hydrogens is 419 g/mol. The lowest BCUT2D eigenvalue weighted by Crippen LogP contribution is -2.15. The number of hydrogen-bond donors (Lipinski definition) is 0. The van der Waals surface area contributed by atoms with Crippen molar-refractivity contribution in [1.29, 1.82) is 0 Å². The lowest BCUT2D eigenvalue weighted by molar-refractivity contribution is -0.142. The maximum Gasteiger partial charge on any atom is 0.422 e. The van der Waals surface area contributed by atoms with E-state index in [2.05, 4.69) is 24.8 Å². The number of halogens is 5. The monoisotopic (exact) mass is 452 g/mol. The third-order valence-electron chi connectivity index (χ3n) is 7.14. The molecule has 1 aromatic rings. The van der Waals surface area contributed by atoms with Crippen LogP contribution in [0.4, 0.5) is 22.0 Å². The average molecular weight is 453 g/mol. The molecule has 32 heavy (non-hydrogen) atoms. The molecule has 0 atom stereocenters. The molecule has 1 aromatic carbocycles. The van der Waals surface area contributed by atoms with Crippen LogP contribution in [0.3, 0.4) is 0 Å². The van der Waals surface area contributed by atoms with Crippen molar-refractivity contribution in [2.24, 2.45) is 17.8 Å². The van der Waals surface area contributed by atoms with Gasteiger partial charge in [0.25, 0.3) is 0 Å². The van der Waals surface area contributed by atoms with Gasteiger partial charge in [-0.05, 0) is 92.9 Å². The van der Waals surface area contributed by atoms with E-state index in [4.69, 9.17) is 0 Å². The molecule has 0 amide bonds. The number of rotatable bonds is 5. The van der Waals surface area contributed by atoms with Gasteiger partial charge in [-0.2, -0.15) is 13.2 Å². The van der Waals surface area contributed by atoms with Gasteiger partial charge < -0.3 is 0 Å². The normalized spacial score (nSPS) is 26.7. The van der Waals surface area contributed by atoms with E-state index in [0.29, 0.717) is 24.3 Å². The van der Waals surface area contributed by atoms with Gasteiger partial charge in [0, 0.05) is 5.92 Å². The number of unbranched alkanes of at least 4 members (excludes halogenated alkanes) is 1. The minimum atomic E-state index is -5.03. The Balaban J connectivity index is 1.46. The number of hydrogen-bond acceptors (Lipinski definition) is 0. The summed E-state index contributed by atoms with van der Waals surface area (Å²) in [6.45, 7) is 2.24. The van der Waals surface area contributed by atoms with Gasteiger partial charge in [-0.15, -0.1) is 0 Å². The maximum absolute atomic E-state index is 13.9. The molecule has 0 aliphatic heterocycles. The number of benzene rings is 1. The highest BCUT2D eigenvalue weighted by atomic mass is 19.4. The largest absolute Gasteiger partial charge is 0.422 e. The van der Waals surface area contributed by atoms with Crippen molar-refractivity contribution in [1.82, 2.24) is 0 Å². The zero-order chi connectivity index (χ0) is 23.1. The topological polar surface area (TPSA) is 0 Å². The quantitative estimate of drug-likeness (QED) is 0.309. The Hall–Kier alpha value is -1.83. The van der Waals surface area contributed by atoms with Crippen LogP contribution in [0, 0.1) is 41.2 Å². The summed E-state index contributed by atoms with van der Waals surface area (Å²) in [5.74, 6) is 5.02. The molecule has 0 heterocycles. The second-order valence-electron chi connectivity index (χ2n) is 9.48. The minimum Gasteiger partial charge on any atom is -0.206 e. The molecule has 0 unspecified atom stereocenters. The van der Waals surface area contributed by atoms with Crippen LogP contribution in [0.5, 0.6) is 0 Å². The van der Waals surface area contributed by atoms with Gasteiger partial charge in [-0.3, -0.25) is 0 Å². The Kier molecular flexibility index (Phi) is 8.79. The first-order chi connectivity index (χ1) is 15.3. The molecule has 5 heteroatoms. The fraction of sp³-hybridized carbons (Fsp3) is 0.630. The number of allylic oxidation sites excluding steroid dienone is 2. The van der Waals surface area contributed by atoms with Crippen molar-refractivity contribution in [3.05, 3.63) is 47.0 Å². The molecule has 0 spiro atoms.